The highest BCUT2D eigenvalue weighted by Crippen LogP contribution is 2.38. The van der Waals surface area contributed by atoms with Crippen molar-refractivity contribution >= 4 is 21.5 Å². The summed E-state index contributed by atoms with van der Waals surface area (Å²) in [5, 5.41) is 14.0. The van der Waals surface area contributed by atoms with E-state index in [4.69, 9.17) is 4.74 Å². The molecule has 0 amide bonds. The molecule has 0 saturated carbocycles. The molecule has 0 aromatic heterocycles. The molecule has 2 nitrogen and oxygen atoms in total. The number of phenols is 1. The van der Waals surface area contributed by atoms with E-state index in [0.717, 1.165) is 21.5 Å². The van der Waals surface area contributed by atoms with Crippen LogP contribution in [0.2, 0.25) is 0 Å². The third kappa shape index (κ3) is 1.41. The molecule has 0 saturated heterocycles. The Hall–Kier alpha value is -2.22. The van der Waals surface area contributed by atoms with Crippen molar-refractivity contribution in [2.45, 2.75) is 0 Å². The Bertz CT molecular complexity index is 702. The zero-order valence-corrected chi connectivity index (χ0v) is 9.47. The minimum atomic E-state index is 0.255. The third-order valence-corrected chi connectivity index (χ3v) is 3.05. The SMILES string of the molecule is COc1cc2ccccc2c2cccc(O)c12. The molecule has 3 aromatic carbocycles. The molecule has 0 radical (unpaired) electrons. The van der Waals surface area contributed by atoms with E-state index in [9.17, 15) is 5.11 Å². The van der Waals surface area contributed by atoms with Gasteiger partial charge in [0.05, 0.1) is 12.5 Å². The summed E-state index contributed by atoms with van der Waals surface area (Å²) in [5.41, 5.74) is 0. The van der Waals surface area contributed by atoms with Crippen LogP contribution in [0.15, 0.2) is 48.5 Å². The summed E-state index contributed by atoms with van der Waals surface area (Å²) < 4.78 is 5.36. The highest BCUT2D eigenvalue weighted by atomic mass is 16.5. The van der Waals surface area contributed by atoms with E-state index in [2.05, 4.69) is 6.07 Å². The molecule has 0 aliphatic carbocycles. The second-order valence-corrected chi connectivity index (χ2v) is 4.00. The predicted octanol–water partition coefficient (Wildman–Crippen LogP) is 3.71. The van der Waals surface area contributed by atoms with Crippen LogP contribution in [0.25, 0.3) is 21.5 Å². The number of fused-ring (bicyclic) bond motifs is 3. The van der Waals surface area contributed by atoms with Gasteiger partial charge in [-0.3, -0.25) is 0 Å². The molecular formula is C15H12O2. The van der Waals surface area contributed by atoms with E-state index in [-0.39, 0.29) is 5.75 Å². The minimum Gasteiger partial charge on any atom is -0.507 e. The zero-order valence-electron chi connectivity index (χ0n) is 9.47. The average molecular weight is 224 g/mol. The largest absolute Gasteiger partial charge is 0.507 e. The molecule has 1 N–H and O–H groups in total. The van der Waals surface area contributed by atoms with Crippen molar-refractivity contribution in [3.05, 3.63) is 48.5 Å². The van der Waals surface area contributed by atoms with Crippen LogP contribution in [0, 0.1) is 0 Å². The average Bonchev–Trinajstić information content (AvgIpc) is 2.38. The maximum Gasteiger partial charge on any atom is 0.131 e. The molecule has 3 rings (SSSR count). The molecule has 0 atom stereocenters. The van der Waals surface area contributed by atoms with E-state index < -0.39 is 0 Å². The lowest BCUT2D eigenvalue weighted by Gasteiger charge is -2.10. The van der Waals surface area contributed by atoms with E-state index >= 15 is 0 Å². The van der Waals surface area contributed by atoms with Gasteiger partial charge in [-0.2, -0.15) is 0 Å². The Morgan fingerprint density at radius 1 is 0.941 bits per heavy atom. The summed E-state index contributed by atoms with van der Waals surface area (Å²) in [6, 6.07) is 15.6. The van der Waals surface area contributed by atoms with Crippen LogP contribution in [0.3, 0.4) is 0 Å². The quantitative estimate of drug-likeness (QED) is 0.638. The lowest BCUT2D eigenvalue weighted by atomic mass is 10.0. The molecular weight excluding hydrogens is 212 g/mol. The number of rotatable bonds is 1. The van der Waals surface area contributed by atoms with Crippen LogP contribution < -0.4 is 4.74 Å². The Morgan fingerprint density at radius 3 is 2.53 bits per heavy atom. The molecule has 2 heteroatoms. The van der Waals surface area contributed by atoms with Gasteiger partial charge < -0.3 is 9.84 Å². The summed E-state index contributed by atoms with van der Waals surface area (Å²) in [6.07, 6.45) is 0. The number of aromatic hydroxyl groups is 1. The molecule has 0 bridgehead atoms. The highest BCUT2D eigenvalue weighted by Gasteiger charge is 2.09. The Balaban J connectivity index is 2.60. The third-order valence-electron chi connectivity index (χ3n) is 3.05. The van der Waals surface area contributed by atoms with Gasteiger partial charge in [0.2, 0.25) is 0 Å². The lowest BCUT2D eigenvalue weighted by Crippen LogP contribution is -1.87. The minimum absolute atomic E-state index is 0.255. The summed E-state index contributed by atoms with van der Waals surface area (Å²) in [5.74, 6) is 0.960. The van der Waals surface area contributed by atoms with Crippen LogP contribution in [0.4, 0.5) is 0 Å². The van der Waals surface area contributed by atoms with Crippen molar-refractivity contribution in [1.29, 1.82) is 0 Å². The number of benzene rings is 3. The fourth-order valence-corrected chi connectivity index (χ4v) is 2.27. The maximum atomic E-state index is 9.96. The molecule has 17 heavy (non-hydrogen) atoms. The van der Waals surface area contributed by atoms with Gasteiger partial charge in [-0.05, 0) is 28.3 Å². The maximum absolute atomic E-state index is 9.96. The topological polar surface area (TPSA) is 29.5 Å². The summed E-state index contributed by atoms with van der Waals surface area (Å²) in [7, 11) is 1.62. The van der Waals surface area contributed by atoms with Crippen molar-refractivity contribution in [2.24, 2.45) is 0 Å². The van der Waals surface area contributed by atoms with Crippen LogP contribution in [0.1, 0.15) is 0 Å². The van der Waals surface area contributed by atoms with E-state index in [1.54, 1.807) is 13.2 Å². The van der Waals surface area contributed by atoms with Crippen LogP contribution >= 0.6 is 0 Å². The summed E-state index contributed by atoms with van der Waals surface area (Å²) in [6.45, 7) is 0. The predicted molar refractivity (Wildman–Crippen MR) is 69.7 cm³/mol. The first-order valence-corrected chi connectivity index (χ1v) is 5.48. The molecule has 0 unspecified atom stereocenters. The van der Waals surface area contributed by atoms with Crippen molar-refractivity contribution in [3.8, 4) is 11.5 Å². The second-order valence-electron chi connectivity index (χ2n) is 4.00. The number of hydrogen-bond donors (Lipinski definition) is 1. The first-order valence-electron chi connectivity index (χ1n) is 5.48. The van der Waals surface area contributed by atoms with Crippen molar-refractivity contribution in [3.63, 3.8) is 0 Å². The number of ether oxygens (including phenoxy) is 1. The van der Waals surface area contributed by atoms with E-state index in [0.29, 0.717) is 5.75 Å². The van der Waals surface area contributed by atoms with Crippen LogP contribution in [-0.2, 0) is 0 Å². The van der Waals surface area contributed by atoms with Crippen molar-refractivity contribution < 1.29 is 9.84 Å². The fourth-order valence-electron chi connectivity index (χ4n) is 2.27. The number of phenolic OH excluding ortho intramolecular Hbond substituents is 1. The van der Waals surface area contributed by atoms with Gasteiger partial charge in [-0.15, -0.1) is 0 Å². The normalized spacial score (nSPS) is 10.9. The fraction of sp³-hybridized carbons (Fsp3) is 0.0667. The highest BCUT2D eigenvalue weighted by molar-refractivity contribution is 6.12. The molecule has 0 aliphatic heterocycles. The Morgan fingerprint density at radius 2 is 1.71 bits per heavy atom. The van der Waals surface area contributed by atoms with Gasteiger partial charge in [-0.25, -0.2) is 0 Å². The van der Waals surface area contributed by atoms with Crippen molar-refractivity contribution in [2.75, 3.05) is 7.11 Å². The van der Waals surface area contributed by atoms with Crippen LogP contribution in [0.5, 0.6) is 11.5 Å². The van der Waals surface area contributed by atoms with Crippen LogP contribution in [-0.4, -0.2) is 12.2 Å². The smallest absolute Gasteiger partial charge is 0.131 e. The molecule has 0 spiro atoms. The van der Waals surface area contributed by atoms with Gasteiger partial charge in [0.15, 0.2) is 0 Å². The molecule has 0 heterocycles. The Labute approximate surface area is 99.1 Å². The van der Waals surface area contributed by atoms with Gasteiger partial charge in [-0.1, -0.05) is 36.4 Å². The van der Waals surface area contributed by atoms with Gasteiger partial charge in [0.25, 0.3) is 0 Å². The van der Waals surface area contributed by atoms with E-state index in [1.165, 1.54) is 0 Å². The Kier molecular flexibility index (Phi) is 2.15. The monoisotopic (exact) mass is 224 g/mol. The summed E-state index contributed by atoms with van der Waals surface area (Å²) in [4.78, 5) is 0. The molecule has 84 valence electrons. The van der Waals surface area contributed by atoms with Gasteiger partial charge >= 0.3 is 0 Å². The number of methoxy groups -OCH3 is 1. The first kappa shape index (κ1) is 9.97. The lowest BCUT2D eigenvalue weighted by molar-refractivity contribution is 0.416. The zero-order chi connectivity index (χ0) is 11.8. The second kappa shape index (κ2) is 3.67. The molecule has 0 fully saturated rings. The van der Waals surface area contributed by atoms with Crippen molar-refractivity contribution in [1.82, 2.24) is 0 Å². The standard InChI is InChI=1S/C15H12O2/c1-17-14-9-10-5-2-3-6-11(10)12-7-4-8-13(16)15(12)14/h2-9,16H,1H3. The molecule has 3 aromatic rings. The first-order chi connectivity index (χ1) is 8.31. The molecule has 0 aliphatic rings. The van der Waals surface area contributed by atoms with Gasteiger partial charge in [0, 0.05) is 0 Å². The van der Waals surface area contributed by atoms with E-state index in [1.807, 2.05) is 36.4 Å². The van der Waals surface area contributed by atoms with Gasteiger partial charge in [0.1, 0.15) is 11.5 Å². The summed E-state index contributed by atoms with van der Waals surface area (Å²) >= 11 is 0. The number of hydrogen-bond acceptors (Lipinski definition) is 2.